The highest BCUT2D eigenvalue weighted by Gasteiger charge is 2.66. The number of nitrogens with one attached hydrogen (secondary N) is 1. The molecule has 6 heteroatoms. The Morgan fingerprint density at radius 2 is 1.84 bits per heavy atom. The highest BCUT2D eigenvalue weighted by molar-refractivity contribution is 7.89. The van der Waals surface area contributed by atoms with Gasteiger partial charge in [0.05, 0.1) is 4.90 Å². The van der Waals surface area contributed by atoms with Crippen molar-refractivity contribution in [1.82, 2.24) is 9.29 Å². The van der Waals surface area contributed by atoms with Gasteiger partial charge in [0.2, 0.25) is 10.0 Å². The van der Waals surface area contributed by atoms with Crippen molar-refractivity contribution in [2.45, 2.75) is 45.2 Å². The maximum atomic E-state index is 12.4. The maximum absolute atomic E-state index is 12.4. The molecule has 0 aromatic carbocycles. The molecule has 0 unspecified atom stereocenters. The number of aryl methyl sites for hydroxylation is 1. The highest BCUT2D eigenvalue weighted by Crippen LogP contribution is 2.62. The fourth-order valence-electron chi connectivity index (χ4n) is 2.64. The molecule has 1 saturated carbocycles. The summed E-state index contributed by atoms with van der Waals surface area (Å²) in [6, 6.07) is 1.59. The minimum atomic E-state index is -3.48. The molecule has 0 atom stereocenters. The Morgan fingerprint density at radius 1 is 1.32 bits per heavy atom. The quantitative estimate of drug-likeness (QED) is 0.872. The smallest absolute Gasteiger partial charge is 0.242 e. The fraction of sp³-hybridized carbons (Fsp3) is 0.692. The van der Waals surface area contributed by atoms with Gasteiger partial charge in [-0.2, -0.15) is 0 Å². The van der Waals surface area contributed by atoms with E-state index in [1.54, 1.807) is 23.9 Å². The van der Waals surface area contributed by atoms with E-state index in [9.17, 15) is 8.42 Å². The Labute approximate surface area is 115 Å². The minimum Gasteiger partial charge on any atom is -0.352 e. The van der Waals surface area contributed by atoms with Gasteiger partial charge >= 0.3 is 0 Å². The lowest BCUT2D eigenvalue weighted by Crippen LogP contribution is -2.29. The molecule has 5 nitrogen and oxygen atoms in total. The number of nitrogens with zero attached hydrogens (tertiary/aromatic N) is 1. The standard InChI is InChI=1S/C13H23N3O2S/c1-12(2)11(13(12,3)4)15-19(17,18)10-6-9(7-14)16(5)8-10/h6,8,11,15H,7,14H2,1-5H3. The van der Waals surface area contributed by atoms with E-state index in [-0.39, 0.29) is 21.8 Å². The van der Waals surface area contributed by atoms with Gasteiger partial charge in [-0.05, 0) is 16.9 Å². The average Bonchev–Trinajstić information content (AvgIpc) is 2.65. The Morgan fingerprint density at radius 3 is 2.21 bits per heavy atom. The van der Waals surface area contributed by atoms with Crippen LogP contribution in [0.25, 0.3) is 0 Å². The van der Waals surface area contributed by atoms with Crippen molar-refractivity contribution < 1.29 is 8.42 Å². The third-order valence-corrected chi connectivity index (χ3v) is 6.29. The van der Waals surface area contributed by atoms with Gasteiger partial charge in [0, 0.05) is 31.5 Å². The van der Waals surface area contributed by atoms with E-state index in [0.29, 0.717) is 6.54 Å². The first kappa shape index (κ1) is 14.6. The van der Waals surface area contributed by atoms with Crippen LogP contribution in [0.4, 0.5) is 0 Å². The van der Waals surface area contributed by atoms with Crippen LogP contribution in [0, 0.1) is 10.8 Å². The van der Waals surface area contributed by atoms with Crippen LogP contribution in [0.2, 0.25) is 0 Å². The van der Waals surface area contributed by atoms with Gasteiger partial charge in [-0.1, -0.05) is 27.7 Å². The molecule has 1 aliphatic carbocycles. The van der Waals surface area contributed by atoms with Crippen molar-refractivity contribution in [3.63, 3.8) is 0 Å². The predicted octanol–water partition coefficient (Wildman–Crippen LogP) is 1.20. The molecule has 19 heavy (non-hydrogen) atoms. The van der Waals surface area contributed by atoms with E-state index in [1.165, 1.54) is 0 Å². The number of sulfonamides is 1. The van der Waals surface area contributed by atoms with E-state index < -0.39 is 10.0 Å². The second-order valence-corrected chi connectivity index (χ2v) is 8.19. The lowest BCUT2D eigenvalue weighted by molar-refractivity contribution is 0.457. The Kier molecular flexibility index (Phi) is 3.12. The number of hydrogen-bond donors (Lipinski definition) is 2. The molecule has 0 amide bonds. The predicted molar refractivity (Wildman–Crippen MR) is 75.0 cm³/mol. The first-order valence-corrected chi connectivity index (χ1v) is 7.90. The molecule has 0 spiro atoms. The van der Waals surface area contributed by atoms with Crippen LogP contribution in [-0.4, -0.2) is 19.0 Å². The fourth-order valence-corrected chi connectivity index (χ4v) is 4.26. The monoisotopic (exact) mass is 285 g/mol. The van der Waals surface area contributed by atoms with Crippen LogP contribution in [0.3, 0.4) is 0 Å². The van der Waals surface area contributed by atoms with E-state index >= 15 is 0 Å². The molecular weight excluding hydrogens is 262 g/mol. The Balaban J connectivity index is 2.25. The summed E-state index contributed by atoms with van der Waals surface area (Å²) in [5.74, 6) is 0. The van der Waals surface area contributed by atoms with Gasteiger partial charge in [0.1, 0.15) is 0 Å². The van der Waals surface area contributed by atoms with Crippen molar-refractivity contribution in [1.29, 1.82) is 0 Å². The number of nitrogens with two attached hydrogens (primary N) is 1. The molecular formula is C13H23N3O2S. The van der Waals surface area contributed by atoms with Crippen molar-refractivity contribution >= 4 is 10.0 Å². The number of aromatic nitrogens is 1. The summed E-state index contributed by atoms with van der Waals surface area (Å²) < 4.78 is 29.3. The molecule has 1 heterocycles. The molecule has 2 rings (SSSR count). The average molecular weight is 285 g/mol. The molecule has 1 aromatic rings. The van der Waals surface area contributed by atoms with Crippen molar-refractivity contribution in [3.8, 4) is 0 Å². The third kappa shape index (κ3) is 2.11. The Bertz CT molecular complexity index is 585. The number of hydrogen-bond acceptors (Lipinski definition) is 3. The summed E-state index contributed by atoms with van der Waals surface area (Å²) in [5.41, 5.74) is 6.33. The minimum absolute atomic E-state index is 0.0223. The summed E-state index contributed by atoms with van der Waals surface area (Å²) in [6.07, 6.45) is 1.60. The van der Waals surface area contributed by atoms with Crippen molar-refractivity contribution in [2.75, 3.05) is 0 Å². The molecule has 108 valence electrons. The summed E-state index contributed by atoms with van der Waals surface area (Å²) >= 11 is 0. The molecule has 0 aliphatic heterocycles. The van der Waals surface area contributed by atoms with Gasteiger partial charge in [0.15, 0.2) is 0 Å². The van der Waals surface area contributed by atoms with Gasteiger partial charge < -0.3 is 10.3 Å². The van der Waals surface area contributed by atoms with Crippen LogP contribution in [0.15, 0.2) is 17.2 Å². The second kappa shape index (κ2) is 4.07. The van der Waals surface area contributed by atoms with Gasteiger partial charge in [0.25, 0.3) is 0 Å². The van der Waals surface area contributed by atoms with Gasteiger partial charge in [-0.15, -0.1) is 0 Å². The second-order valence-electron chi connectivity index (χ2n) is 6.48. The summed E-state index contributed by atoms with van der Waals surface area (Å²) in [4.78, 5) is 0.286. The van der Waals surface area contributed by atoms with Gasteiger partial charge in [-0.25, -0.2) is 13.1 Å². The van der Waals surface area contributed by atoms with Crippen LogP contribution < -0.4 is 10.5 Å². The zero-order chi connectivity index (χ0) is 14.6. The summed E-state index contributed by atoms with van der Waals surface area (Å²) in [7, 11) is -1.68. The molecule has 0 saturated heterocycles. The largest absolute Gasteiger partial charge is 0.352 e. The van der Waals surface area contributed by atoms with Crippen LogP contribution >= 0.6 is 0 Å². The first-order valence-electron chi connectivity index (χ1n) is 6.41. The lowest BCUT2D eigenvalue weighted by atomic mass is 10.0. The lowest BCUT2D eigenvalue weighted by Gasteiger charge is -2.06. The van der Waals surface area contributed by atoms with E-state index in [4.69, 9.17) is 5.73 Å². The zero-order valence-electron chi connectivity index (χ0n) is 12.2. The molecule has 0 radical (unpaired) electrons. The molecule has 0 bridgehead atoms. The molecule has 1 fully saturated rings. The topological polar surface area (TPSA) is 77.1 Å². The third-order valence-electron chi connectivity index (χ3n) is 4.90. The van der Waals surface area contributed by atoms with Gasteiger partial charge in [-0.3, -0.25) is 0 Å². The number of rotatable bonds is 4. The molecule has 1 aromatic heterocycles. The zero-order valence-corrected chi connectivity index (χ0v) is 13.0. The van der Waals surface area contributed by atoms with Crippen LogP contribution in [0.5, 0.6) is 0 Å². The first-order chi connectivity index (χ1) is 8.54. The summed E-state index contributed by atoms with van der Waals surface area (Å²) in [6.45, 7) is 8.65. The molecule has 3 N–H and O–H groups in total. The van der Waals surface area contributed by atoms with Crippen molar-refractivity contribution in [2.24, 2.45) is 23.6 Å². The van der Waals surface area contributed by atoms with E-state index in [0.717, 1.165) is 5.69 Å². The normalized spacial score (nSPS) is 21.6. The van der Waals surface area contributed by atoms with Crippen molar-refractivity contribution in [3.05, 3.63) is 18.0 Å². The SMILES string of the molecule is Cn1cc(S(=O)(=O)NC2C(C)(C)C2(C)C)cc1CN. The Hall–Kier alpha value is -0.850. The van der Waals surface area contributed by atoms with E-state index in [1.807, 2.05) is 0 Å². The summed E-state index contributed by atoms with van der Waals surface area (Å²) in [5, 5.41) is 0. The highest BCUT2D eigenvalue weighted by atomic mass is 32.2. The molecule has 1 aliphatic rings. The van der Waals surface area contributed by atoms with Crippen LogP contribution in [-0.2, 0) is 23.6 Å². The maximum Gasteiger partial charge on any atom is 0.242 e. The van der Waals surface area contributed by atoms with Crippen LogP contribution in [0.1, 0.15) is 33.4 Å². The van der Waals surface area contributed by atoms with E-state index in [2.05, 4.69) is 32.4 Å².